The summed E-state index contributed by atoms with van der Waals surface area (Å²) in [6.07, 6.45) is 2.32. The van der Waals surface area contributed by atoms with Crippen LogP contribution in [0, 0.1) is 0 Å². The summed E-state index contributed by atoms with van der Waals surface area (Å²) in [6.45, 7) is 1.37. The molecule has 1 amide bonds. The number of ether oxygens (including phenoxy) is 3. The van der Waals surface area contributed by atoms with Crippen LogP contribution in [0.4, 0.5) is 5.69 Å². The largest absolute Gasteiger partial charge is 0.497 e. The third-order valence-corrected chi connectivity index (χ3v) is 3.92. The highest BCUT2D eigenvalue weighted by Gasteiger charge is 2.16. The minimum atomic E-state index is -0.161. The fourth-order valence-electron chi connectivity index (χ4n) is 2.55. The summed E-state index contributed by atoms with van der Waals surface area (Å²) in [7, 11) is 1.61. The lowest BCUT2D eigenvalue weighted by Crippen LogP contribution is -2.16. The molecule has 1 atom stereocenters. The van der Waals surface area contributed by atoms with Crippen molar-refractivity contribution in [3.63, 3.8) is 0 Å². The average Bonchev–Trinajstić information content (AvgIpc) is 3.14. The van der Waals surface area contributed by atoms with Crippen LogP contribution in [0.25, 0.3) is 0 Å². The molecule has 0 aliphatic carbocycles. The molecule has 2 aromatic rings. The van der Waals surface area contributed by atoms with Crippen LogP contribution in [0.15, 0.2) is 48.5 Å². The zero-order valence-electron chi connectivity index (χ0n) is 13.7. The summed E-state index contributed by atoms with van der Waals surface area (Å²) in [5.74, 6) is 1.33. The fourth-order valence-corrected chi connectivity index (χ4v) is 2.55. The van der Waals surface area contributed by atoms with E-state index in [4.69, 9.17) is 14.2 Å². The molecule has 1 fully saturated rings. The van der Waals surface area contributed by atoms with Crippen LogP contribution >= 0.6 is 0 Å². The number of hydrogen-bond acceptors (Lipinski definition) is 4. The van der Waals surface area contributed by atoms with Crippen molar-refractivity contribution < 1.29 is 19.0 Å². The predicted molar refractivity (Wildman–Crippen MR) is 91.9 cm³/mol. The van der Waals surface area contributed by atoms with Gasteiger partial charge in [0.2, 0.25) is 0 Å². The zero-order chi connectivity index (χ0) is 16.8. The van der Waals surface area contributed by atoms with Gasteiger partial charge in [0.1, 0.15) is 18.1 Å². The van der Waals surface area contributed by atoms with Gasteiger partial charge in [-0.1, -0.05) is 0 Å². The number of rotatable bonds is 6. The van der Waals surface area contributed by atoms with Gasteiger partial charge in [0, 0.05) is 17.9 Å². The Morgan fingerprint density at radius 3 is 2.46 bits per heavy atom. The summed E-state index contributed by atoms with van der Waals surface area (Å²) >= 11 is 0. The van der Waals surface area contributed by atoms with Crippen molar-refractivity contribution >= 4 is 11.6 Å². The van der Waals surface area contributed by atoms with E-state index >= 15 is 0 Å². The van der Waals surface area contributed by atoms with E-state index < -0.39 is 0 Å². The van der Waals surface area contributed by atoms with Crippen LogP contribution in [-0.2, 0) is 4.74 Å². The highest BCUT2D eigenvalue weighted by Crippen LogP contribution is 2.18. The van der Waals surface area contributed by atoms with Crippen molar-refractivity contribution in [1.82, 2.24) is 0 Å². The van der Waals surface area contributed by atoms with Gasteiger partial charge in [0.05, 0.1) is 13.2 Å². The summed E-state index contributed by atoms with van der Waals surface area (Å²) in [5.41, 5.74) is 1.30. The lowest BCUT2D eigenvalue weighted by molar-refractivity contribution is 0.0679. The molecule has 0 spiro atoms. The number of carbonyl (C=O) groups excluding carboxylic acids is 1. The second-order valence-electron chi connectivity index (χ2n) is 5.65. The van der Waals surface area contributed by atoms with Crippen LogP contribution in [-0.4, -0.2) is 32.3 Å². The maximum Gasteiger partial charge on any atom is 0.255 e. The van der Waals surface area contributed by atoms with Crippen molar-refractivity contribution in [2.75, 3.05) is 25.6 Å². The first-order valence-electron chi connectivity index (χ1n) is 8.04. The predicted octanol–water partition coefficient (Wildman–Crippen LogP) is 3.51. The van der Waals surface area contributed by atoms with E-state index in [0.717, 1.165) is 36.6 Å². The molecule has 5 nitrogen and oxygen atoms in total. The lowest BCUT2D eigenvalue weighted by Gasteiger charge is -2.12. The Balaban J connectivity index is 1.54. The van der Waals surface area contributed by atoms with Gasteiger partial charge in [-0.3, -0.25) is 4.79 Å². The molecule has 1 aliphatic rings. The molecule has 24 heavy (non-hydrogen) atoms. The van der Waals surface area contributed by atoms with E-state index in [1.54, 1.807) is 55.6 Å². The van der Waals surface area contributed by atoms with Crippen molar-refractivity contribution in [3.8, 4) is 11.5 Å². The zero-order valence-corrected chi connectivity index (χ0v) is 13.7. The minimum Gasteiger partial charge on any atom is -0.497 e. The minimum absolute atomic E-state index is 0.161. The van der Waals surface area contributed by atoms with Crippen LogP contribution in [0.2, 0.25) is 0 Å². The maximum atomic E-state index is 12.2. The number of nitrogens with one attached hydrogen (secondary N) is 1. The molecule has 1 N–H and O–H groups in total. The number of hydrogen-bond donors (Lipinski definition) is 1. The monoisotopic (exact) mass is 327 g/mol. The highest BCUT2D eigenvalue weighted by molar-refractivity contribution is 6.04. The number of amides is 1. The Hall–Kier alpha value is -2.53. The molecule has 0 aromatic heterocycles. The normalized spacial score (nSPS) is 16.6. The second-order valence-corrected chi connectivity index (χ2v) is 5.65. The summed E-state index contributed by atoms with van der Waals surface area (Å²) < 4.78 is 16.3. The third-order valence-electron chi connectivity index (χ3n) is 3.92. The van der Waals surface area contributed by atoms with Crippen LogP contribution in [0.3, 0.4) is 0 Å². The van der Waals surface area contributed by atoms with Crippen molar-refractivity contribution in [1.29, 1.82) is 0 Å². The average molecular weight is 327 g/mol. The van der Waals surface area contributed by atoms with Gasteiger partial charge < -0.3 is 19.5 Å². The molecule has 1 unspecified atom stereocenters. The van der Waals surface area contributed by atoms with E-state index in [-0.39, 0.29) is 12.0 Å². The van der Waals surface area contributed by atoms with Crippen molar-refractivity contribution in [3.05, 3.63) is 54.1 Å². The van der Waals surface area contributed by atoms with E-state index in [1.807, 2.05) is 0 Å². The molecule has 0 bridgehead atoms. The first kappa shape index (κ1) is 16.3. The summed E-state index contributed by atoms with van der Waals surface area (Å²) in [6, 6.07) is 14.3. The molecular formula is C19H21NO4. The topological polar surface area (TPSA) is 56.8 Å². The second kappa shape index (κ2) is 7.84. The molecule has 126 valence electrons. The molecular weight excluding hydrogens is 306 g/mol. The Labute approximate surface area is 141 Å². The quantitative estimate of drug-likeness (QED) is 0.882. The molecule has 0 radical (unpaired) electrons. The van der Waals surface area contributed by atoms with Crippen molar-refractivity contribution in [2.45, 2.75) is 18.9 Å². The molecule has 1 heterocycles. The van der Waals surface area contributed by atoms with Gasteiger partial charge in [0.15, 0.2) is 0 Å². The molecule has 1 saturated heterocycles. The molecule has 1 aliphatic heterocycles. The van der Waals surface area contributed by atoms with Gasteiger partial charge >= 0.3 is 0 Å². The first-order valence-corrected chi connectivity index (χ1v) is 8.04. The fraction of sp³-hybridized carbons (Fsp3) is 0.316. The molecule has 3 rings (SSSR count). The van der Waals surface area contributed by atoms with E-state index in [1.165, 1.54) is 0 Å². The van der Waals surface area contributed by atoms with Crippen LogP contribution in [0.1, 0.15) is 23.2 Å². The highest BCUT2D eigenvalue weighted by atomic mass is 16.5. The van der Waals surface area contributed by atoms with Gasteiger partial charge in [0.25, 0.3) is 5.91 Å². The standard InChI is InChI=1S/C19H21NO4/c1-22-16-10-6-15(7-11-16)20-19(21)14-4-8-17(9-5-14)24-13-18-3-2-12-23-18/h4-11,18H,2-3,12-13H2,1H3,(H,20,21). The third kappa shape index (κ3) is 4.26. The van der Waals surface area contributed by atoms with E-state index in [0.29, 0.717) is 12.2 Å². The Kier molecular flexibility index (Phi) is 5.33. The van der Waals surface area contributed by atoms with E-state index in [9.17, 15) is 4.79 Å². The van der Waals surface area contributed by atoms with E-state index in [2.05, 4.69) is 5.32 Å². The Bertz CT molecular complexity index is 661. The summed E-state index contributed by atoms with van der Waals surface area (Å²) in [4.78, 5) is 12.2. The number of benzene rings is 2. The number of methoxy groups -OCH3 is 1. The van der Waals surface area contributed by atoms with Crippen LogP contribution < -0.4 is 14.8 Å². The SMILES string of the molecule is COc1ccc(NC(=O)c2ccc(OCC3CCCO3)cc2)cc1. The van der Waals surface area contributed by atoms with Gasteiger partial charge in [-0.2, -0.15) is 0 Å². The summed E-state index contributed by atoms with van der Waals surface area (Å²) in [5, 5.41) is 2.85. The van der Waals surface area contributed by atoms with Gasteiger partial charge in [-0.05, 0) is 61.4 Å². The molecule has 2 aromatic carbocycles. The van der Waals surface area contributed by atoms with Gasteiger partial charge in [-0.25, -0.2) is 0 Å². The van der Waals surface area contributed by atoms with Crippen LogP contribution in [0.5, 0.6) is 11.5 Å². The van der Waals surface area contributed by atoms with Crippen molar-refractivity contribution in [2.24, 2.45) is 0 Å². The molecule has 5 heteroatoms. The first-order chi connectivity index (χ1) is 11.7. The van der Waals surface area contributed by atoms with Gasteiger partial charge in [-0.15, -0.1) is 0 Å². The molecule has 0 saturated carbocycles. The number of anilines is 1. The Morgan fingerprint density at radius 2 is 1.83 bits per heavy atom. The Morgan fingerprint density at radius 1 is 1.12 bits per heavy atom. The number of carbonyl (C=O) groups is 1. The lowest BCUT2D eigenvalue weighted by atomic mass is 10.2. The smallest absolute Gasteiger partial charge is 0.255 e. The maximum absolute atomic E-state index is 12.2.